The second kappa shape index (κ2) is 5.23. The minimum Gasteiger partial charge on any atom is -0.494 e. The Bertz CT molecular complexity index is 1090. The molecule has 4 rings (SSSR count). The average Bonchev–Trinajstić information content (AvgIpc) is 2.91. The van der Waals surface area contributed by atoms with Gasteiger partial charge in [0.25, 0.3) is 0 Å². The van der Waals surface area contributed by atoms with Gasteiger partial charge in [0.05, 0.1) is 12.5 Å². The summed E-state index contributed by atoms with van der Waals surface area (Å²) in [6.45, 7) is 1.96. The maximum absolute atomic E-state index is 14.1. The van der Waals surface area contributed by atoms with Gasteiger partial charge in [-0.05, 0) is 24.6 Å². The summed E-state index contributed by atoms with van der Waals surface area (Å²) in [5.41, 5.74) is 3.72. The zero-order chi connectivity index (χ0) is 16.8. The molecule has 0 atom stereocenters. The summed E-state index contributed by atoms with van der Waals surface area (Å²) in [6, 6.07) is 4.63. The van der Waals surface area contributed by atoms with Crippen LogP contribution in [0.4, 0.5) is 4.39 Å². The van der Waals surface area contributed by atoms with Crippen molar-refractivity contribution in [2.75, 3.05) is 7.11 Å². The van der Waals surface area contributed by atoms with Crippen molar-refractivity contribution in [3.63, 3.8) is 0 Å². The number of pyridine rings is 1. The van der Waals surface area contributed by atoms with E-state index in [0.717, 1.165) is 22.2 Å². The van der Waals surface area contributed by atoms with E-state index >= 15 is 0 Å². The van der Waals surface area contributed by atoms with Crippen molar-refractivity contribution < 1.29 is 9.13 Å². The maximum Gasteiger partial charge on any atom is 0.181 e. The van der Waals surface area contributed by atoms with Gasteiger partial charge in [0, 0.05) is 36.5 Å². The highest BCUT2D eigenvalue weighted by molar-refractivity contribution is 6.11. The van der Waals surface area contributed by atoms with Gasteiger partial charge in [-0.25, -0.2) is 9.07 Å². The highest BCUT2D eigenvalue weighted by Crippen LogP contribution is 2.36. The van der Waals surface area contributed by atoms with E-state index < -0.39 is 5.82 Å². The van der Waals surface area contributed by atoms with Crippen LogP contribution in [0.3, 0.4) is 0 Å². The van der Waals surface area contributed by atoms with Crippen LogP contribution in [0.1, 0.15) is 5.56 Å². The van der Waals surface area contributed by atoms with Gasteiger partial charge in [-0.15, -0.1) is 10.2 Å². The van der Waals surface area contributed by atoms with E-state index in [1.807, 2.05) is 13.0 Å². The molecule has 0 amide bonds. The molecular formula is C17H14FN5O. The van der Waals surface area contributed by atoms with Crippen LogP contribution in [0.2, 0.25) is 0 Å². The van der Waals surface area contributed by atoms with Crippen molar-refractivity contribution >= 4 is 21.9 Å². The van der Waals surface area contributed by atoms with Gasteiger partial charge >= 0.3 is 0 Å². The lowest BCUT2D eigenvalue weighted by Crippen LogP contribution is -1.96. The number of halogens is 1. The zero-order valence-corrected chi connectivity index (χ0v) is 13.4. The predicted molar refractivity (Wildman–Crippen MR) is 88.3 cm³/mol. The predicted octanol–water partition coefficient (Wildman–Crippen LogP) is 3.03. The van der Waals surface area contributed by atoms with Crippen LogP contribution >= 0.6 is 0 Å². The molecule has 1 aromatic carbocycles. The molecule has 0 spiro atoms. The smallest absolute Gasteiger partial charge is 0.181 e. The summed E-state index contributed by atoms with van der Waals surface area (Å²) in [4.78, 5) is 4.12. The molecule has 24 heavy (non-hydrogen) atoms. The van der Waals surface area contributed by atoms with Gasteiger partial charge in [0.2, 0.25) is 0 Å². The molecule has 0 aliphatic rings. The number of rotatable bonds is 2. The van der Waals surface area contributed by atoms with Gasteiger partial charge < -0.3 is 4.74 Å². The van der Waals surface area contributed by atoms with Crippen LogP contribution in [-0.2, 0) is 7.05 Å². The molecule has 0 aliphatic carbocycles. The molecule has 7 heteroatoms. The van der Waals surface area contributed by atoms with Crippen LogP contribution in [0.15, 0.2) is 30.6 Å². The van der Waals surface area contributed by atoms with Gasteiger partial charge in [-0.3, -0.25) is 4.98 Å². The number of nitrogens with zero attached hydrogens (tertiary/aromatic N) is 5. The van der Waals surface area contributed by atoms with E-state index in [1.165, 1.54) is 19.2 Å². The monoisotopic (exact) mass is 323 g/mol. The van der Waals surface area contributed by atoms with E-state index in [9.17, 15) is 4.39 Å². The molecule has 0 N–H and O–H groups in total. The zero-order valence-electron chi connectivity index (χ0n) is 13.4. The fourth-order valence-corrected chi connectivity index (χ4v) is 2.93. The van der Waals surface area contributed by atoms with Crippen molar-refractivity contribution in [2.45, 2.75) is 6.92 Å². The molecule has 0 saturated carbocycles. The summed E-state index contributed by atoms with van der Waals surface area (Å²) < 4.78 is 21.0. The SMILES string of the molecule is COc1cc(F)cc2c1nnc1c2c(-c2ccncc2C)nn1C. The van der Waals surface area contributed by atoms with E-state index in [-0.39, 0.29) is 0 Å². The Morgan fingerprint density at radius 1 is 1.21 bits per heavy atom. The second-order valence-corrected chi connectivity index (χ2v) is 5.57. The van der Waals surface area contributed by atoms with Crippen LogP contribution in [0, 0.1) is 12.7 Å². The normalized spacial score (nSPS) is 11.3. The highest BCUT2D eigenvalue weighted by Gasteiger charge is 2.19. The third-order valence-electron chi connectivity index (χ3n) is 4.07. The van der Waals surface area contributed by atoms with Gasteiger partial charge in [0.15, 0.2) is 5.65 Å². The van der Waals surface area contributed by atoms with E-state index in [0.29, 0.717) is 22.3 Å². The van der Waals surface area contributed by atoms with Gasteiger partial charge in [0.1, 0.15) is 22.8 Å². The topological polar surface area (TPSA) is 65.7 Å². The summed E-state index contributed by atoms with van der Waals surface area (Å²) >= 11 is 0. The molecule has 0 aliphatic heterocycles. The van der Waals surface area contributed by atoms with Crippen molar-refractivity contribution in [1.29, 1.82) is 0 Å². The van der Waals surface area contributed by atoms with Crippen LogP contribution in [-0.4, -0.2) is 32.1 Å². The Balaban J connectivity index is 2.20. The Morgan fingerprint density at radius 2 is 2.04 bits per heavy atom. The molecule has 6 nitrogen and oxygen atoms in total. The molecule has 3 heterocycles. The highest BCUT2D eigenvalue weighted by atomic mass is 19.1. The van der Waals surface area contributed by atoms with Crippen LogP contribution in [0.25, 0.3) is 33.2 Å². The number of hydrogen-bond donors (Lipinski definition) is 0. The number of ether oxygens (including phenoxy) is 1. The standard InChI is InChI=1S/C17H14FN5O/c1-9-8-19-5-4-11(9)16-14-12-6-10(18)7-13(24-3)15(12)20-21-17(14)23(2)22-16/h4-8H,1-3H3. The fraction of sp³-hybridized carbons (Fsp3) is 0.176. The Hall–Kier alpha value is -3.09. The Kier molecular flexibility index (Phi) is 3.16. The average molecular weight is 323 g/mol. The van der Waals surface area contributed by atoms with E-state index in [1.54, 1.807) is 24.1 Å². The molecule has 120 valence electrons. The molecule has 0 radical (unpaired) electrons. The number of benzene rings is 1. The number of methoxy groups -OCH3 is 1. The lowest BCUT2D eigenvalue weighted by Gasteiger charge is -2.07. The lowest BCUT2D eigenvalue weighted by atomic mass is 10.0. The minimum atomic E-state index is -0.394. The number of aryl methyl sites for hydroxylation is 2. The van der Waals surface area contributed by atoms with Crippen molar-refractivity contribution in [2.24, 2.45) is 7.05 Å². The number of fused-ring (bicyclic) bond motifs is 3. The third kappa shape index (κ3) is 2.01. The van der Waals surface area contributed by atoms with E-state index in [2.05, 4.69) is 20.3 Å². The van der Waals surface area contributed by atoms with Gasteiger partial charge in [-0.1, -0.05) is 0 Å². The molecule has 0 unspecified atom stereocenters. The third-order valence-corrected chi connectivity index (χ3v) is 4.07. The first kappa shape index (κ1) is 14.5. The largest absolute Gasteiger partial charge is 0.494 e. The first-order chi connectivity index (χ1) is 11.6. The Labute approximate surface area is 136 Å². The van der Waals surface area contributed by atoms with Crippen LogP contribution in [0.5, 0.6) is 5.75 Å². The summed E-state index contributed by atoms with van der Waals surface area (Å²) in [6.07, 6.45) is 3.48. The second-order valence-electron chi connectivity index (χ2n) is 5.57. The summed E-state index contributed by atoms with van der Waals surface area (Å²) in [5.74, 6) is -0.0458. The van der Waals surface area contributed by atoms with Crippen molar-refractivity contribution in [1.82, 2.24) is 25.0 Å². The quantitative estimate of drug-likeness (QED) is 0.567. The number of hydrogen-bond acceptors (Lipinski definition) is 5. The molecule has 0 bridgehead atoms. The van der Waals surface area contributed by atoms with Gasteiger partial charge in [-0.2, -0.15) is 5.10 Å². The maximum atomic E-state index is 14.1. The summed E-state index contributed by atoms with van der Waals surface area (Å²) in [5, 5.41) is 14.4. The molecular weight excluding hydrogens is 309 g/mol. The van der Waals surface area contributed by atoms with Crippen molar-refractivity contribution in [3.8, 4) is 17.0 Å². The summed E-state index contributed by atoms with van der Waals surface area (Å²) in [7, 11) is 3.27. The lowest BCUT2D eigenvalue weighted by molar-refractivity contribution is 0.415. The first-order valence-corrected chi connectivity index (χ1v) is 7.37. The first-order valence-electron chi connectivity index (χ1n) is 7.37. The van der Waals surface area contributed by atoms with E-state index in [4.69, 9.17) is 4.74 Å². The minimum absolute atomic E-state index is 0.348. The number of aromatic nitrogens is 5. The fourth-order valence-electron chi connectivity index (χ4n) is 2.93. The van der Waals surface area contributed by atoms with Crippen molar-refractivity contribution in [3.05, 3.63) is 42.0 Å². The Morgan fingerprint density at radius 3 is 2.79 bits per heavy atom. The molecule has 3 aromatic heterocycles. The molecule has 0 saturated heterocycles. The van der Waals surface area contributed by atoms with Crippen LogP contribution < -0.4 is 4.74 Å². The molecule has 4 aromatic rings. The molecule has 0 fully saturated rings.